The van der Waals surface area contributed by atoms with Gasteiger partial charge < -0.3 is 15.1 Å². The quantitative estimate of drug-likeness (QED) is 0.711. The molecule has 8 nitrogen and oxygen atoms in total. The van der Waals surface area contributed by atoms with Gasteiger partial charge in [0.2, 0.25) is 11.8 Å². The van der Waals surface area contributed by atoms with Crippen molar-refractivity contribution in [2.45, 2.75) is 30.3 Å². The van der Waals surface area contributed by atoms with Crippen LogP contribution in [-0.4, -0.2) is 50.6 Å². The highest BCUT2D eigenvalue weighted by Crippen LogP contribution is 2.29. The predicted molar refractivity (Wildman–Crippen MR) is 117 cm³/mol. The van der Waals surface area contributed by atoms with E-state index in [9.17, 15) is 22.4 Å². The van der Waals surface area contributed by atoms with Gasteiger partial charge in [-0.2, -0.15) is 8.42 Å². The highest BCUT2D eigenvalue weighted by molar-refractivity contribution is 7.90. The van der Waals surface area contributed by atoms with Crippen LogP contribution in [0.3, 0.4) is 0 Å². The molecule has 0 saturated carbocycles. The number of amides is 2. The van der Waals surface area contributed by atoms with E-state index in [1.807, 2.05) is 0 Å². The SMILES string of the molecule is O=C(NCc1cccc(Cl)c1F)[C@@H]1CCCN1C(=O)CN1C=NS(=O)(=O)c2ccccc21. The van der Waals surface area contributed by atoms with Crippen molar-refractivity contribution in [3.8, 4) is 0 Å². The van der Waals surface area contributed by atoms with Crippen molar-refractivity contribution in [3.05, 3.63) is 58.9 Å². The van der Waals surface area contributed by atoms with E-state index in [4.69, 9.17) is 11.6 Å². The fourth-order valence-corrected chi connectivity index (χ4v) is 5.08. The Kier molecular flexibility index (Phi) is 6.16. The lowest BCUT2D eigenvalue weighted by Crippen LogP contribution is -2.49. The lowest BCUT2D eigenvalue weighted by Gasteiger charge is -2.29. The Balaban J connectivity index is 1.44. The maximum atomic E-state index is 14.1. The minimum absolute atomic E-state index is 0.0227. The molecule has 11 heteroatoms. The van der Waals surface area contributed by atoms with Crippen LogP contribution in [0.5, 0.6) is 0 Å². The number of sulfonamides is 1. The summed E-state index contributed by atoms with van der Waals surface area (Å²) in [6.45, 7) is 0.184. The van der Waals surface area contributed by atoms with Gasteiger partial charge in [0, 0.05) is 18.7 Å². The molecule has 2 aromatic rings. The summed E-state index contributed by atoms with van der Waals surface area (Å²) in [6.07, 6.45) is 2.24. The summed E-state index contributed by atoms with van der Waals surface area (Å²) >= 11 is 5.77. The number of para-hydroxylation sites is 1. The molecule has 0 aliphatic carbocycles. The van der Waals surface area contributed by atoms with Crippen LogP contribution < -0.4 is 10.2 Å². The molecular weight excluding hydrogens is 459 g/mol. The third-order valence-electron chi connectivity index (χ3n) is 5.44. The summed E-state index contributed by atoms with van der Waals surface area (Å²) in [5, 5.41) is 2.65. The van der Waals surface area contributed by atoms with Crippen LogP contribution in [0.4, 0.5) is 10.1 Å². The first-order valence-corrected chi connectivity index (χ1v) is 11.8. The number of rotatable bonds is 5. The zero-order chi connectivity index (χ0) is 22.9. The molecule has 1 atom stereocenters. The molecule has 1 saturated heterocycles. The summed E-state index contributed by atoms with van der Waals surface area (Å²) in [4.78, 5) is 28.7. The Labute approximate surface area is 189 Å². The topological polar surface area (TPSA) is 99.2 Å². The number of hydrogen-bond donors (Lipinski definition) is 1. The Morgan fingerprint density at radius 2 is 1.97 bits per heavy atom. The molecule has 32 heavy (non-hydrogen) atoms. The second-order valence-corrected chi connectivity index (χ2v) is 9.48. The van der Waals surface area contributed by atoms with Gasteiger partial charge in [-0.15, -0.1) is 4.40 Å². The van der Waals surface area contributed by atoms with E-state index in [1.165, 1.54) is 28.0 Å². The molecule has 0 unspecified atom stereocenters. The van der Waals surface area contributed by atoms with Gasteiger partial charge in [-0.05, 0) is 31.0 Å². The average molecular weight is 479 g/mol. The first kappa shape index (κ1) is 22.2. The first-order chi connectivity index (χ1) is 15.3. The monoisotopic (exact) mass is 478 g/mol. The molecular formula is C21H20ClFN4O4S. The second kappa shape index (κ2) is 8.87. The van der Waals surface area contributed by atoms with Gasteiger partial charge in [0.05, 0.1) is 10.7 Å². The van der Waals surface area contributed by atoms with Crippen LogP contribution >= 0.6 is 11.6 Å². The number of nitrogens with zero attached hydrogens (tertiary/aromatic N) is 3. The third kappa shape index (κ3) is 4.33. The standard InChI is InChI=1S/C21H20ClFN4O4S/c22-15-6-3-5-14(20(15)23)11-24-21(29)17-8-4-10-27(17)19(28)12-26-13-25-32(30,31)18-9-2-1-7-16(18)26/h1-3,5-7,9,13,17H,4,8,10-12H2,(H,24,29)/t17-/m0/s1. The van der Waals surface area contributed by atoms with Crippen molar-refractivity contribution in [2.75, 3.05) is 18.0 Å². The molecule has 0 bridgehead atoms. The van der Waals surface area contributed by atoms with Gasteiger partial charge in [-0.25, -0.2) is 4.39 Å². The second-order valence-electron chi connectivity index (χ2n) is 7.47. The zero-order valence-corrected chi connectivity index (χ0v) is 18.4. The largest absolute Gasteiger partial charge is 0.350 e. The Morgan fingerprint density at radius 3 is 2.78 bits per heavy atom. The number of fused-ring (bicyclic) bond motifs is 1. The van der Waals surface area contributed by atoms with E-state index in [2.05, 4.69) is 9.71 Å². The van der Waals surface area contributed by atoms with E-state index in [0.29, 0.717) is 25.1 Å². The number of likely N-dealkylation sites (tertiary alicyclic amines) is 1. The summed E-state index contributed by atoms with van der Waals surface area (Å²) in [5.74, 6) is -1.31. The zero-order valence-electron chi connectivity index (χ0n) is 16.9. The third-order valence-corrected chi connectivity index (χ3v) is 7.01. The molecule has 1 fully saturated rings. The Bertz CT molecular complexity index is 1200. The lowest BCUT2D eigenvalue weighted by atomic mass is 10.1. The minimum atomic E-state index is -3.80. The average Bonchev–Trinajstić information content (AvgIpc) is 3.27. The van der Waals surface area contributed by atoms with Crippen LogP contribution in [-0.2, 0) is 26.2 Å². The summed E-state index contributed by atoms with van der Waals surface area (Å²) in [5.41, 5.74) is 0.608. The molecule has 1 N–H and O–H groups in total. The number of anilines is 1. The van der Waals surface area contributed by atoms with Gasteiger partial charge >= 0.3 is 0 Å². The van der Waals surface area contributed by atoms with Crippen LogP contribution in [0.1, 0.15) is 18.4 Å². The molecule has 2 aliphatic heterocycles. The highest BCUT2D eigenvalue weighted by Gasteiger charge is 2.35. The van der Waals surface area contributed by atoms with Crippen molar-refractivity contribution in [1.29, 1.82) is 0 Å². The van der Waals surface area contributed by atoms with Crippen LogP contribution in [0, 0.1) is 5.82 Å². The van der Waals surface area contributed by atoms with E-state index >= 15 is 0 Å². The van der Waals surface area contributed by atoms with Crippen LogP contribution in [0.2, 0.25) is 5.02 Å². The Morgan fingerprint density at radius 1 is 1.19 bits per heavy atom. The smallest absolute Gasteiger partial charge is 0.285 e. The Hall–Kier alpha value is -2.98. The van der Waals surface area contributed by atoms with Crippen molar-refractivity contribution >= 4 is 45.5 Å². The fourth-order valence-electron chi connectivity index (χ4n) is 3.84. The number of nitrogens with one attached hydrogen (secondary N) is 1. The normalized spacial score (nSPS) is 19.0. The van der Waals surface area contributed by atoms with Gasteiger partial charge in [0.15, 0.2) is 0 Å². The lowest BCUT2D eigenvalue weighted by molar-refractivity contribution is -0.137. The summed E-state index contributed by atoms with van der Waals surface area (Å²) in [6, 6.07) is 10.1. The van der Waals surface area contributed by atoms with E-state index in [1.54, 1.807) is 24.3 Å². The number of halogens is 2. The summed E-state index contributed by atoms with van der Waals surface area (Å²) < 4.78 is 41.9. The predicted octanol–water partition coefficient (Wildman–Crippen LogP) is 2.32. The maximum Gasteiger partial charge on any atom is 0.285 e. The van der Waals surface area contributed by atoms with Crippen molar-refractivity contribution in [3.63, 3.8) is 0 Å². The van der Waals surface area contributed by atoms with Crippen molar-refractivity contribution in [2.24, 2.45) is 4.40 Å². The van der Waals surface area contributed by atoms with Gasteiger partial charge in [-0.1, -0.05) is 35.9 Å². The minimum Gasteiger partial charge on any atom is -0.350 e. The number of carbonyl (C=O) groups is 2. The van der Waals surface area contributed by atoms with Gasteiger partial charge in [0.1, 0.15) is 29.6 Å². The molecule has 0 aromatic heterocycles. The number of benzene rings is 2. The molecule has 2 aliphatic rings. The molecule has 0 radical (unpaired) electrons. The molecule has 2 amide bonds. The molecule has 0 spiro atoms. The number of hydrogen-bond acceptors (Lipinski definition) is 5. The molecule has 2 heterocycles. The van der Waals surface area contributed by atoms with E-state index in [-0.39, 0.29) is 40.4 Å². The fraction of sp³-hybridized carbons (Fsp3) is 0.286. The first-order valence-electron chi connectivity index (χ1n) is 9.94. The van der Waals surface area contributed by atoms with Crippen molar-refractivity contribution < 1.29 is 22.4 Å². The molecule has 2 aromatic carbocycles. The van der Waals surface area contributed by atoms with Crippen LogP contribution in [0.15, 0.2) is 51.8 Å². The van der Waals surface area contributed by atoms with Gasteiger partial charge in [-0.3, -0.25) is 9.59 Å². The van der Waals surface area contributed by atoms with E-state index < -0.39 is 21.9 Å². The number of carbonyl (C=O) groups excluding carboxylic acids is 2. The molecule has 168 valence electrons. The van der Waals surface area contributed by atoms with Gasteiger partial charge in [0.25, 0.3) is 10.0 Å². The molecule has 4 rings (SSSR count). The summed E-state index contributed by atoms with van der Waals surface area (Å²) in [7, 11) is -3.80. The van der Waals surface area contributed by atoms with E-state index in [0.717, 1.165) is 6.34 Å². The van der Waals surface area contributed by atoms with Crippen LogP contribution in [0.25, 0.3) is 0 Å². The highest BCUT2D eigenvalue weighted by atomic mass is 35.5. The maximum absolute atomic E-state index is 14.1. The van der Waals surface area contributed by atoms with Crippen molar-refractivity contribution in [1.82, 2.24) is 10.2 Å².